The average Bonchev–Trinajstić information content (AvgIpc) is 3.27. The minimum absolute atomic E-state index is 0.229. The third-order valence-electron chi connectivity index (χ3n) is 6.00. The number of fused-ring (bicyclic) bond motifs is 3. The second-order valence-electron chi connectivity index (χ2n) is 8.15. The molecule has 0 aliphatic rings. The number of aromatic nitrogens is 2. The zero-order valence-electron chi connectivity index (χ0n) is 19.4. The molecular formula is C28H24ClN3O3. The minimum atomic E-state index is -0.229. The summed E-state index contributed by atoms with van der Waals surface area (Å²) < 4.78 is 10.9. The summed E-state index contributed by atoms with van der Waals surface area (Å²) in [6, 6.07) is 23.1. The molecule has 0 aliphatic carbocycles. The lowest BCUT2D eigenvalue weighted by Gasteiger charge is -2.11. The van der Waals surface area contributed by atoms with E-state index in [1.54, 1.807) is 14.2 Å². The molecule has 2 aromatic heterocycles. The number of H-pyrrole nitrogens is 1. The third-order valence-corrected chi connectivity index (χ3v) is 6.25. The van der Waals surface area contributed by atoms with Gasteiger partial charge in [-0.2, -0.15) is 0 Å². The molecule has 0 aliphatic heterocycles. The van der Waals surface area contributed by atoms with Gasteiger partial charge in [0.1, 0.15) is 5.69 Å². The molecule has 6 nitrogen and oxygen atoms in total. The van der Waals surface area contributed by atoms with Gasteiger partial charge in [-0.15, -0.1) is 0 Å². The summed E-state index contributed by atoms with van der Waals surface area (Å²) in [4.78, 5) is 21.4. The van der Waals surface area contributed by atoms with Gasteiger partial charge in [0.25, 0.3) is 5.91 Å². The van der Waals surface area contributed by atoms with Gasteiger partial charge in [-0.05, 0) is 54.4 Å². The molecule has 0 saturated carbocycles. The minimum Gasteiger partial charge on any atom is -0.493 e. The van der Waals surface area contributed by atoms with E-state index in [9.17, 15) is 4.79 Å². The van der Waals surface area contributed by atoms with Crippen LogP contribution in [0, 0.1) is 0 Å². The molecule has 2 N–H and O–H groups in total. The Morgan fingerprint density at radius 2 is 1.71 bits per heavy atom. The monoisotopic (exact) mass is 485 g/mol. The number of methoxy groups -OCH3 is 2. The summed E-state index contributed by atoms with van der Waals surface area (Å²) in [6.45, 7) is 0.486. The Balaban J connectivity index is 1.53. The first-order valence-corrected chi connectivity index (χ1v) is 11.6. The standard InChI is InChI=1S/C28H24ClN3O3/c1-34-24-12-9-18(15-25(24)35-2)26-27-21(20-5-3-4-6-22(20)31-27)16-23(32-26)28(33)30-14-13-17-7-10-19(29)11-8-17/h3-12,15-16,31H,13-14H2,1-2H3,(H,30,33). The number of hydrogen-bond acceptors (Lipinski definition) is 4. The fourth-order valence-corrected chi connectivity index (χ4v) is 4.34. The Bertz CT molecular complexity index is 1530. The maximum Gasteiger partial charge on any atom is 0.269 e. The lowest BCUT2D eigenvalue weighted by Crippen LogP contribution is -2.26. The molecule has 0 bridgehead atoms. The number of aromatic amines is 1. The topological polar surface area (TPSA) is 76.2 Å². The van der Waals surface area contributed by atoms with Crippen LogP contribution in [0.15, 0.2) is 72.8 Å². The summed E-state index contributed by atoms with van der Waals surface area (Å²) in [7, 11) is 3.19. The van der Waals surface area contributed by atoms with Crippen LogP contribution in [-0.2, 0) is 6.42 Å². The van der Waals surface area contributed by atoms with Crippen molar-refractivity contribution in [3.63, 3.8) is 0 Å². The summed E-state index contributed by atoms with van der Waals surface area (Å²) >= 11 is 5.96. The van der Waals surface area contributed by atoms with Crippen LogP contribution in [-0.4, -0.2) is 36.6 Å². The fourth-order valence-electron chi connectivity index (χ4n) is 4.22. The molecule has 0 spiro atoms. The maximum absolute atomic E-state index is 13.1. The Labute approximate surface area is 207 Å². The van der Waals surface area contributed by atoms with Crippen molar-refractivity contribution in [1.29, 1.82) is 0 Å². The van der Waals surface area contributed by atoms with E-state index in [1.807, 2.05) is 72.8 Å². The smallest absolute Gasteiger partial charge is 0.269 e. The normalized spacial score (nSPS) is 11.1. The highest BCUT2D eigenvalue weighted by Crippen LogP contribution is 2.36. The Morgan fingerprint density at radius 3 is 2.49 bits per heavy atom. The number of para-hydroxylation sites is 1. The molecule has 5 aromatic rings. The van der Waals surface area contributed by atoms with Crippen molar-refractivity contribution in [2.24, 2.45) is 0 Å². The van der Waals surface area contributed by atoms with Gasteiger partial charge in [-0.25, -0.2) is 4.98 Å². The van der Waals surface area contributed by atoms with Crippen LogP contribution in [0.25, 0.3) is 33.1 Å². The molecular weight excluding hydrogens is 462 g/mol. The molecule has 0 fully saturated rings. The fraction of sp³-hybridized carbons (Fsp3) is 0.143. The first-order chi connectivity index (χ1) is 17.1. The first kappa shape index (κ1) is 22.7. The zero-order chi connectivity index (χ0) is 24.4. The van der Waals surface area contributed by atoms with E-state index in [2.05, 4.69) is 10.3 Å². The number of nitrogens with one attached hydrogen (secondary N) is 2. The Kier molecular flexibility index (Phi) is 6.29. The second-order valence-corrected chi connectivity index (χ2v) is 8.59. The number of amides is 1. The van der Waals surface area contributed by atoms with Gasteiger partial charge < -0.3 is 19.8 Å². The van der Waals surface area contributed by atoms with Crippen molar-refractivity contribution < 1.29 is 14.3 Å². The number of pyridine rings is 1. The summed E-state index contributed by atoms with van der Waals surface area (Å²) in [5.74, 6) is 0.988. The van der Waals surface area contributed by atoms with Crippen LogP contribution in [0.2, 0.25) is 5.02 Å². The molecule has 0 unspecified atom stereocenters. The molecule has 3 aromatic carbocycles. The third kappa shape index (κ3) is 4.53. The van der Waals surface area contributed by atoms with Crippen molar-refractivity contribution in [3.05, 3.63) is 89.1 Å². The average molecular weight is 486 g/mol. The molecule has 0 saturated heterocycles. The summed E-state index contributed by atoms with van der Waals surface area (Å²) in [5, 5.41) is 5.65. The van der Waals surface area contributed by atoms with Crippen LogP contribution in [0.3, 0.4) is 0 Å². The van der Waals surface area contributed by atoms with Crippen LogP contribution in [0.5, 0.6) is 11.5 Å². The highest BCUT2D eigenvalue weighted by Gasteiger charge is 2.18. The van der Waals surface area contributed by atoms with Crippen molar-refractivity contribution in [1.82, 2.24) is 15.3 Å². The number of rotatable bonds is 7. The highest BCUT2D eigenvalue weighted by molar-refractivity contribution is 6.30. The van der Waals surface area contributed by atoms with E-state index in [-0.39, 0.29) is 5.91 Å². The zero-order valence-corrected chi connectivity index (χ0v) is 20.1. The predicted molar refractivity (Wildman–Crippen MR) is 140 cm³/mol. The Hall–Kier alpha value is -4.03. The summed E-state index contributed by atoms with van der Waals surface area (Å²) in [5.41, 5.74) is 4.77. The lowest BCUT2D eigenvalue weighted by molar-refractivity contribution is 0.0949. The number of ether oxygens (including phenoxy) is 2. The quantitative estimate of drug-likeness (QED) is 0.295. The van der Waals surface area contributed by atoms with Gasteiger partial charge >= 0.3 is 0 Å². The number of nitrogens with zero attached hydrogens (tertiary/aromatic N) is 1. The first-order valence-electron chi connectivity index (χ1n) is 11.2. The largest absolute Gasteiger partial charge is 0.493 e. The van der Waals surface area contributed by atoms with E-state index < -0.39 is 0 Å². The van der Waals surface area contributed by atoms with E-state index in [0.29, 0.717) is 40.9 Å². The van der Waals surface area contributed by atoms with Gasteiger partial charge in [-0.3, -0.25) is 4.79 Å². The van der Waals surface area contributed by atoms with Crippen molar-refractivity contribution in [3.8, 4) is 22.8 Å². The van der Waals surface area contributed by atoms with E-state index in [0.717, 1.165) is 32.9 Å². The SMILES string of the molecule is COc1ccc(-c2nc(C(=O)NCCc3ccc(Cl)cc3)cc3c2[nH]c2ccccc23)cc1OC. The molecule has 0 radical (unpaired) electrons. The second kappa shape index (κ2) is 9.68. The predicted octanol–water partition coefficient (Wildman–Crippen LogP) is 6.03. The molecule has 1 amide bonds. The van der Waals surface area contributed by atoms with Crippen LogP contribution < -0.4 is 14.8 Å². The van der Waals surface area contributed by atoms with Crippen LogP contribution in [0.4, 0.5) is 0 Å². The van der Waals surface area contributed by atoms with Crippen molar-refractivity contribution in [2.45, 2.75) is 6.42 Å². The van der Waals surface area contributed by atoms with Crippen LogP contribution >= 0.6 is 11.6 Å². The Morgan fingerprint density at radius 1 is 0.943 bits per heavy atom. The maximum atomic E-state index is 13.1. The molecule has 7 heteroatoms. The number of hydrogen-bond donors (Lipinski definition) is 2. The molecule has 176 valence electrons. The van der Waals surface area contributed by atoms with Crippen molar-refractivity contribution >= 4 is 39.3 Å². The molecule has 5 rings (SSSR count). The van der Waals surface area contributed by atoms with E-state index in [1.165, 1.54) is 0 Å². The molecule has 0 atom stereocenters. The van der Waals surface area contributed by atoms with Gasteiger partial charge in [-0.1, -0.05) is 41.9 Å². The van der Waals surface area contributed by atoms with Crippen molar-refractivity contribution in [2.75, 3.05) is 20.8 Å². The number of benzene rings is 3. The van der Waals surface area contributed by atoms with Crippen LogP contribution in [0.1, 0.15) is 16.1 Å². The van der Waals surface area contributed by atoms with Gasteiger partial charge in [0.2, 0.25) is 0 Å². The van der Waals surface area contributed by atoms with Gasteiger partial charge in [0.05, 0.1) is 25.4 Å². The van der Waals surface area contributed by atoms with E-state index in [4.69, 9.17) is 26.1 Å². The molecule has 2 heterocycles. The highest BCUT2D eigenvalue weighted by atomic mass is 35.5. The number of carbonyl (C=O) groups is 1. The number of halogens is 1. The molecule has 35 heavy (non-hydrogen) atoms. The number of carbonyl (C=O) groups excluding carboxylic acids is 1. The van der Waals surface area contributed by atoms with Gasteiger partial charge in [0.15, 0.2) is 11.5 Å². The lowest BCUT2D eigenvalue weighted by atomic mass is 10.1. The summed E-state index contributed by atoms with van der Waals surface area (Å²) in [6.07, 6.45) is 0.695. The van der Waals surface area contributed by atoms with Gasteiger partial charge in [0, 0.05) is 33.4 Å². The van der Waals surface area contributed by atoms with E-state index >= 15 is 0 Å².